The fraction of sp³-hybridized carbons (Fsp3) is 0.231. The first-order chi connectivity index (χ1) is 8.75. The summed E-state index contributed by atoms with van der Waals surface area (Å²) in [6.07, 6.45) is 2.28. The van der Waals surface area contributed by atoms with Crippen molar-refractivity contribution in [3.63, 3.8) is 0 Å². The smallest absolute Gasteiger partial charge is 0.321 e. The minimum atomic E-state index is -0.291. The Hall–Kier alpha value is -2.30. The summed E-state index contributed by atoms with van der Waals surface area (Å²) in [7, 11) is 0. The molecule has 2 aromatic rings. The van der Waals surface area contributed by atoms with Crippen LogP contribution in [0, 0.1) is 6.92 Å². The molecule has 0 aliphatic rings. The minimum absolute atomic E-state index is 0.291. The summed E-state index contributed by atoms with van der Waals surface area (Å²) in [6, 6.07) is 9.41. The van der Waals surface area contributed by atoms with Gasteiger partial charge in [0.15, 0.2) is 0 Å². The summed E-state index contributed by atoms with van der Waals surface area (Å²) in [5.74, 6) is 0.336. The number of aromatic nitrogens is 1. The second kappa shape index (κ2) is 5.86. The van der Waals surface area contributed by atoms with Crippen molar-refractivity contribution in [1.82, 2.24) is 10.5 Å². The van der Waals surface area contributed by atoms with E-state index in [9.17, 15) is 4.79 Å². The second-order valence-electron chi connectivity index (χ2n) is 3.93. The molecule has 1 aromatic heterocycles. The topological polar surface area (TPSA) is 67.2 Å². The summed E-state index contributed by atoms with van der Waals surface area (Å²) in [5, 5.41) is 8.80. The summed E-state index contributed by atoms with van der Waals surface area (Å²) < 4.78 is 4.77. The lowest BCUT2D eigenvalue weighted by atomic mass is 10.1. The Morgan fingerprint density at radius 3 is 2.89 bits per heavy atom. The predicted molar refractivity (Wildman–Crippen MR) is 68.4 cm³/mol. The molecule has 5 nitrogen and oxygen atoms in total. The molecule has 5 heteroatoms. The lowest BCUT2D eigenvalue weighted by Gasteiger charge is -2.07. The normalized spacial score (nSPS) is 10.1. The number of rotatable bonds is 4. The van der Waals surface area contributed by atoms with Crippen LogP contribution < -0.4 is 10.6 Å². The average molecular weight is 245 g/mol. The van der Waals surface area contributed by atoms with Crippen molar-refractivity contribution in [3.05, 3.63) is 47.7 Å². The number of urea groups is 1. The Morgan fingerprint density at radius 2 is 2.17 bits per heavy atom. The highest BCUT2D eigenvalue weighted by molar-refractivity contribution is 5.87. The molecule has 1 aromatic carbocycles. The van der Waals surface area contributed by atoms with E-state index in [2.05, 4.69) is 34.8 Å². The molecule has 0 spiro atoms. The zero-order valence-electron chi connectivity index (χ0n) is 10.1. The number of amides is 2. The molecule has 18 heavy (non-hydrogen) atoms. The molecule has 94 valence electrons. The van der Waals surface area contributed by atoms with Gasteiger partial charge in [0.25, 0.3) is 0 Å². The van der Waals surface area contributed by atoms with Crippen molar-refractivity contribution in [2.75, 3.05) is 11.9 Å². The number of hydrogen-bond acceptors (Lipinski definition) is 3. The monoisotopic (exact) mass is 245 g/mol. The molecule has 0 unspecified atom stereocenters. The molecule has 0 radical (unpaired) electrons. The van der Waals surface area contributed by atoms with E-state index in [0.29, 0.717) is 12.4 Å². The highest BCUT2D eigenvalue weighted by Crippen LogP contribution is 2.07. The van der Waals surface area contributed by atoms with Crippen molar-refractivity contribution in [2.24, 2.45) is 0 Å². The zero-order valence-corrected chi connectivity index (χ0v) is 10.1. The quantitative estimate of drug-likeness (QED) is 0.868. The van der Waals surface area contributed by atoms with Gasteiger partial charge in [-0.3, -0.25) is 5.32 Å². The van der Waals surface area contributed by atoms with E-state index in [1.54, 1.807) is 6.07 Å². The van der Waals surface area contributed by atoms with Crippen molar-refractivity contribution in [2.45, 2.75) is 13.3 Å². The number of aryl methyl sites for hydroxylation is 1. The maximum Gasteiger partial charge on any atom is 0.321 e. The third-order valence-corrected chi connectivity index (χ3v) is 2.62. The molecule has 0 aliphatic carbocycles. The first-order valence-electron chi connectivity index (χ1n) is 5.76. The number of carbonyl (C=O) groups excluding carboxylic acids is 1. The van der Waals surface area contributed by atoms with Gasteiger partial charge in [0.2, 0.25) is 5.88 Å². The minimum Gasteiger partial charge on any atom is -0.338 e. The molecule has 0 atom stereocenters. The third kappa shape index (κ3) is 3.35. The number of carbonyl (C=O) groups is 1. The average Bonchev–Trinajstić information content (AvgIpc) is 2.84. The molecule has 0 bridgehead atoms. The van der Waals surface area contributed by atoms with Crippen molar-refractivity contribution in [3.8, 4) is 0 Å². The van der Waals surface area contributed by atoms with E-state index >= 15 is 0 Å². The summed E-state index contributed by atoms with van der Waals surface area (Å²) >= 11 is 0. The van der Waals surface area contributed by atoms with Crippen LogP contribution in [0.25, 0.3) is 0 Å². The summed E-state index contributed by atoms with van der Waals surface area (Å²) in [5.41, 5.74) is 2.47. The maximum atomic E-state index is 11.5. The SMILES string of the molecule is Cc1ccccc1CCNC(=O)Nc1ccno1. The van der Waals surface area contributed by atoms with Crippen LogP contribution in [0.3, 0.4) is 0 Å². The number of nitrogens with zero attached hydrogens (tertiary/aromatic N) is 1. The summed E-state index contributed by atoms with van der Waals surface area (Å²) in [6.45, 7) is 2.63. The maximum absolute atomic E-state index is 11.5. The largest absolute Gasteiger partial charge is 0.338 e. The van der Waals surface area contributed by atoms with Gasteiger partial charge in [-0.15, -0.1) is 0 Å². The van der Waals surface area contributed by atoms with Gasteiger partial charge in [-0.2, -0.15) is 0 Å². The van der Waals surface area contributed by atoms with Gasteiger partial charge in [0.1, 0.15) is 0 Å². The van der Waals surface area contributed by atoms with Crippen molar-refractivity contribution >= 4 is 11.9 Å². The van der Waals surface area contributed by atoms with Gasteiger partial charge in [-0.1, -0.05) is 29.4 Å². The van der Waals surface area contributed by atoms with E-state index < -0.39 is 0 Å². The van der Waals surface area contributed by atoms with Crippen LogP contribution in [-0.2, 0) is 6.42 Å². The van der Waals surface area contributed by atoms with Crippen LogP contribution in [0.15, 0.2) is 41.1 Å². The molecular formula is C13H15N3O2. The Labute approximate surface area is 105 Å². The fourth-order valence-corrected chi connectivity index (χ4v) is 1.64. The van der Waals surface area contributed by atoms with Gasteiger partial charge in [0.05, 0.1) is 6.20 Å². The van der Waals surface area contributed by atoms with E-state index in [-0.39, 0.29) is 6.03 Å². The molecular weight excluding hydrogens is 230 g/mol. The lowest BCUT2D eigenvalue weighted by Crippen LogP contribution is -2.30. The molecule has 0 saturated heterocycles. The number of nitrogens with one attached hydrogen (secondary N) is 2. The molecule has 0 saturated carbocycles. The van der Waals surface area contributed by atoms with Crippen LogP contribution in [-0.4, -0.2) is 17.7 Å². The Kier molecular flexibility index (Phi) is 3.96. The highest BCUT2D eigenvalue weighted by Gasteiger charge is 2.04. The van der Waals surface area contributed by atoms with Gasteiger partial charge in [-0.25, -0.2) is 4.79 Å². The molecule has 2 N–H and O–H groups in total. The van der Waals surface area contributed by atoms with Gasteiger partial charge < -0.3 is 9.84 Å². The van der Waals surface area contributed by atoms with E-state index in [1.165, 1.54) is 17.3 Å². The lowest BCUT2D eigenvalue weighted by molar-refractivity contribution is 0.251. The third-order valence-electron chi connectivity index (χ3n) is 2.62. The molecule has 2 amide bonds. The Morgan fingerprint density at radius 1 is 1.33 bits per heavy atom. The first-order valence-corrected chi connectivity index (χ1v) is 5.76. The highest BCUT2D eigenvalue weighted by atomic mass is 16.5. The van der Waals surface area contributed by atoms with Gasteiger partial charge >= 0.3 is 6.03 Å². The van der Waals surface area contributed by atoms with Crippen LogP contribution in [0.5, 0.6) is 0 Å². The van der Waals surface area contributed by atoms with E-state index in [0.717, 1.165) is 6.42 Å². The van der Waals surface area contributed by atoms with Crippen LogP contribution >= 0.6 is 0 Å². The van der Waals surface area contributed by atoms with E-state index in [4.69, 9.17) is 4.52 Å². The first kappa shape index (κ1) is 12.2. The van der Waals surface area contributed by atoms with Crippen molar-refractivity contribution < 1.29 is 9.32 Å². The Balaban J connectivity index is 1.75. The number of anilines is 1. The zero-order chi connectivity index (χ0) is 12.8. The fourth-order valence-electron chi connectivity index (χ4n) is 1.64. The van der Waals surface area contributed by atoms with Crippen LogP contribution in [0.4, 0.5) is 10.7 Å². The van der Waals surface area contributed by atoms with Crippen LogP contribution in [0.1, 0.15) is 11.1 Å². The predicted octanol–water partition coefficient (Wildman–Crippen LogP) is 2.35. The van der Waals surface area contributed by atoms with Crippen molar-refractivity contribution in [1.29, 1.82) is 0 Å². The molecule has 2 rings (SSSR count). The summed E-state index contributed by atoms with van der Waals surface area (Å²) in [4.78, 5) is 11.5. The molecule has 1 heterocycles. The van der Waals surface area contributed by atoms with Crippen LogP contribution in [0.2, 0.25) is 0 Å². The van der Waals surface area contributed by atoms with Gasteiger partial charge in [0, 0.05) is 12.6 Å². The molecule has 0 fully saturated rings. The van der Waals surface area contributed by atoms with E-state index in [1.807, 2.05) is 12.1 Å². The standard InChI is InChI=1S/C13H15N3O2/c1-10-4-2-3-5-11(10)6-8-14-13(17)16-12-7-9-15-18-12/h2-5,7,9H,6,8H2,1H3,(H2,14,16,17). The Bertz CT molecular complexity index is 509. The number of hydrogen-bond donors (Lipinski definition) is 2. The molecule has 0 aliphatic heterocycles. The van der Waals surface area contributed by atoms with Gasteiger partial charge in [-0.05, 0) is 24.5 Å². The second-order valence-corrected chi connectivity index (χ2v) is 3.93. The number of benzene rings is 1.